The van der Waals surface area contributed by atoms with E-state index in [9.17, 15) is 9.90 Å². The fraction of sp³-hybridized carbons (Fsp3) is 0.357. The van der Waals surface area contributed by atoms with Crippen LogP contribution in [0.3, 0.4) is 0 Å². The third-order valence-corrected chi connectivity index (χ3v) is 2.69. The number of nitrogens with zero attached hydrogens (tertiary/aromatic N) is 1. The van der Waals surface area contributed by atoms with Crippen molar-refractivity contribution in [3.05, 3.63) is 36.4 Å². The molecular formula is C14H19NO3. The second-order valence-corrected chi connectivity index (χ2v) is 4.22. The number of carboxylic acids is 1. The van der Waals surface area contributed by atoms with E-state index in [4.69, 9.17) is 4.74 Å². The molecule has 1 aromatic carbocycles. The fourth-order valence-electron chi connectivity index (χ4n) is 1.78. The summed E-state index contributed by atoms with van der Waals surface area (Å²) in [6.07, 6.45) is 1.76. The van der Waals surface area contributed by atoms with Crippen molar-refractivity contribution in [2.24, 2.45) is 0 Å². The normalized spacial score (nSPS) is 10.2. The van der Waals surface area contributed by atoms with E-state index in [-0.39, 0.29) is 11.6 Å². The first-order valence-electron chi connectivity index (χ1n) is 5.80. The molecule has 0 fully saturated rings. The molecule has 0 aliphatic heterocycles. The van der Waals surface area contributed by atoms with Gasteiger partial charge in [-0.3, -0.25) is 0 Å². The van der Waals surface area contributed by atoms with Crippen LogP contribution >= 0.6 is 0 Å². The minimum Gasteiger partial charge on any atom is -0.497 e. The van der Waals surface area contributed by atoms with E-state index in [1.54, 1.807) is 31.4 Å². The summed E-state index contributed by atoms with van der Waals surface area (Å²) in [5, 5.41) is 9.23. The highest BCUT2D eigenvalue weighted by Crippen LogP contribution is 2.27. The second kappa shape index (κ2) is 6.10. The average molecular weight is 249 g/mol. The molecule has 4 heteroatoms. The monoisotopic (exact) mass is 249 g/mol. The fourth-order valence-corrected chi connectivity index (χ4v) is 1.78. The van der Waals surface area contributed by atoms with Crippen molar-refractivity contribution in [3.63, 3.8) is 0 Å². The molecule has 0 atom stereocenters. The van der Waals surface area contributed by atoms with Crippen molar-refractivity contribution in [3.8, 4) is 5.75 Å². The van der Waals surface area contributed by atoms with Crippen molar-refractivity contribution < 1.29 is 14.6 Å². The number of carboxylic acid groups (broad SMARTS) is 1. The molecule has 1 rings (SSSR count). The van der Waals surface area contributed by atoms with Gasteiger partial charge in [0.25, 0.3) is 0 Å². The molecule has 0 bridgehead atoms. The van der Waals surface area contributed by atoms with Gasteiger partial charge in [0, 0.05) is 18.7 Å². The largest absolute Gasteiger partial charge is 0.497 e. The lowest BCUT2D eigenvalue weighted by atomic mass is 10.1. The summed E-state index contributed by atoms with van der Waals surface area (Å²) in [6, 6.07) is 5.13. The van der Waals surface area contributed by atoms with Gasteiger partial charge < -0.3 is 14.7 Å². The quantitative estimate of drug-likeness (QED) is 0.788. The number of aromatic carboxylic acids is 1. The lowest BCUT2D eigenvalue weighted by Crippen LogP contribution is -2.32. The third-order valence-electron chi connectivity index (χ3n) is 2.69. The van der Waals surface area contributed by atoms with Crippen LogP contribution in [0.2, 0.25) is 0 Å². The smallest absolute Gasteiger partial charge is 0.337 e. The predicted octanol–water partition coefficient (Wildman–Crippen LogP) is 2.79. The highest BCUT2D eigenvalue weighted by Gasteiger charge is 2.18. The van der Waals surface area contributed by atoms with Gasteiger partial charge in [0.05, 0.1) is 18.4 Å². The van der Waals surface area contributed by atoms with Gasteiger partial charge in [0.2, 0.25) is 0 Å². The predicted molar refractivity (Wildman–Crippen MR) is 72.6 cm³/mol. The van der Waals surface area contributed by atoms with Gasteiger partial charge in [-0.2, -0.15) is 0 Å². The summed E-state index contributed by atoms with van der Waals surface area (Å²) in [6.45, 7) is 8.31. The second-order valence-electron chi connectivity index (χ2n) is 4.22. The van der Waals surface area contributed by atoms with Crippen LogP contribution in [0.1, 0.15) is 24.2 Å². The molecule has 0 saturated carbocycles. The molecule has 0 heterocycles. The minimum atomic E-state index is -0.942. The Balaban J connectivity index is 3.31. The molecule has 1 N–H and O–H groups in total. The molecule has 0 aliphatic carbocycles. The molecule has 1 aromatic rings. The van der Waals surface area contributed by atoms with Crippen LogP contribution in [0.4, 0.5) is 5.69 Å². The van der Waals surface area contributed by atoms with Crippen LogP contribution in [-0.4, -0.2) is 30.8 Å². The van der Waals surface area contributed by atoms with Gasteiger partial charge >= 0.3 is 5.97 Å². The molecule has 98 valence electrons. The molecule has 0 saturated heterocycles. The third kappa shape index (κ3) is 3.03. The Kier molecular flexibility index (Phi) is 4.77. The lowest BCUT2D eigenvalue weighted by Gasteiger charge is -2.29. The van der Waals surface area contributed by atoms with Gasteiger partial charge in [0.1, 0.15) is 5.75 Å². The van der Waals surface area contributed by atoms with Crippen molar-refractivity contribution in [2.75, 3.05) is 18.6 Å². The zero-order valence-corrected chi connectivity index (χ0v) is 11.0. The van der Waals surface area contributed by atoms with E-state index < -0.39 is 5.97 Å². The maximum absolute atomic E-state index is 11.3. The number of methoxy groups -OCH3 is 1. The van der Waals surface area contributed by atoms with Crippen molar-refractivity contribution in [1.82, 2.24) is 0 Å². The zero-order valence-electron chi connectivity index (χ0n) is 11.0. The summed E-state index contributed by atoms with van der Waals surface area (Å²) >= 11 is 0. The van der Waals surface area contributed by atoms with Crippen LogP contribution in [0.5, 0.6) is 5.75 Å². The van der Waals surface area contributed by atoms with Crippen LogP contribution < -0.4 is 9.64 Å². The number of carbonyl (C=O) groups is 1. The van der Waals surface area contributed by atoms with Crippen LogP contribution in [-0.2, 0) is 0 Å². The van der Waals surface area contributed by atoms with Gasteiger partial charge in [-0.1, -0.05) is 6.08 Å². The van der Waals surface area contributed by atoms with Gasteiger partial charge in [0.15, 0.2) is 0 Å². The van der Waals surface area contributed by atoms with Crippen LogP contribution in [0.25, 0.3) is 0 Å². The van der Waals surface area contributed by atoms with Gasteiger partial charge in [-0.15, -0.1) is 6.58 Å². The van der Waals surface area contributed by atoms with Crippen molar-refractivity contribution in [1.29, 1.82) is 0 Å². The molecule has 0 spiro atoms. The first kappa shape index (κ1) is 14.1. The van der Waals surface area contributed by atoms with E-state index in [2.05, 4.69) is 6.58 Å². The first-order valence-corrected chi connectivity index (χ1v) is 5.80. The zero-order chi connectivity index (χ0) is 13.7. The average Bonchev–Trinajstić information content (AvgIpc) is 2.34. The summed E-state index contributed by atoms with van der Waals surface area (Å²) in [5.74, 6) is -0.299. The number of hydrogen-bond acceptors (Lipinski definition) is 3. The number of ether oxygens (including phenoxy) is 1. The SMILES string of the molecule is C=CCN(c1cc(OC)ccc1C(=O)O)C(C)C. The molecule has 0 radical (unpaired) electrons. The van der Waals surface area contributed by atoms with Crippen molar-refractivity contribution in [2.45, 2.75) is 19.9 Å². The summed E-state index contributed by atoms with van der Waals surface area (Å²) in [7, 11) is 1.56. The Morgan fingerprint density at radius 2 is 2.22 bits per heavy atom. The highest BCUT2D eigenvalue weighted by molar-refractivity contribution is 5.95. The van der Waals surface area contributed by atoms with Crippen molar-refractivity contribution >= 4 is 11.7 Å². The summed E-state index contributed by atoms with van der Waals surface area (Å²) in [4.78, 5) is 13.2. The Morgan fingerprint density at radius 1 is 1.56 bits per heavy atom. The van der Waals surface area contributed by atoms with E-state index in [1.165, 1.54) is 0 Å². The maximum atomic E-state index is 11.3. The molecule has 0 amide bonds. The van der Waals surface area contributed by atoms with Gasteiger partial charge in [-0.25, -0.2) is 4.79 Å². The lowest BCUT2D eigenvalue weighted by molar-refractivity contribution is 0.0697. The van der Waals surface area contributed by atoms with E-state index in [0.717, 1.165) is 0 Å². The Bertz CT molecular complexity index is 441. The number of anilines is 1. The van der Waals surface area contributed by atoms with Crippen LogP contribution in [0.15, 0.2) is 30.9 Å². The Morgan fingerprint density at radius 3 is 2.67 bits per heavy atom. The standard InChI is InChI=1S/C14H19NO3/c1-5-8-15(10(2)3)13-9-11(18-4)6-7-12(13)14(16)17/h5-7,9-10H,1,8H2,2-4H3,(H,16,17). The summed E-state index contributed by atoms with van der Waals surface area (Å²) < 4.78 is 5.15. The topological polar surface area (TPSA) is 49.8 Å². The molecule has 4 nitrogen and oxygen atoms in total. The number of hydrogen-bond donors (Lipinski definition) is 1. The Labute approximate surface area is 107 Å². The molecule has 0 aliphatic rings. The molecule has 0 aromatic heterocycles. The molecule has 18 heavy (non-hydrogen) atoms. The van der Waals surface area contributed by atoms with E-state index in [1.807, 2.05) is 18.7 Å². The molecule has 0 unspecified atom stereocenters. The number of rotatable bonds is 6. The summed E-state index contributed by atoms with van der Waals surface area (Å²) in [5.41, 5.74) is 0.920. The highest BCUT2D eigenvalue weighted by atomic mass is 16.5. The van der Waals surface area contributed by atoms with Crippen LogP contribution in [0, 0.1) is 0 Å². The maximum Gasteiger partial charge on any atom is 0.337 e. The van der Waals surface area contributed by atoms with Gasteiger partial charge in [-0.05, 0) is 26.0 Å². The Hall–Kier alpha value is -1.97. The first-order chi connectivity index (χ1) is 8.51. The minimum absolute atomic E-state index is 0.174. The molecular weight excluding hydrogens is 230 g/mol. The van der Waals surface area contributed by atoms with E-state index >= 15 is 0 Å². The number of benzene rings is 1. The van der Waals surface area contributed by atoms with E-state index in [0.29, 0.717) is 18.0 Å².